The van der Waals surface area contributed by atoms with Crippen molar-refractivity contribution in [3.8, 4) is 0 Å². The van der Waals surface area contributed by atoms with Crippen molar-refractivity contribution in [2.75, 3.05) is 60.4 Å². The third kappa shape index (κ3) is 5.93. The van der Waals surface area contributed by atoms with E-state index in [0.717, 1.165) is 51.8 Å². The summed E-state index contributed by atoms with van der Waals surface area (Å²) in [5.41, 5.74) is 2.85. The Kier molecular flexibility index (Phi) is 7.71. The first-order chi connectivity index (χ1) is 13.5. The largest absolute Gasteiger partial charge is 0.355 e. The van der Waals surface area contributed by atoms with Gasteiger partial charge in [-0.1, -0.05) is 24.3 Å². The Labute approximate surface area is 171 Å². The van der Waals surface area contributed by atoms with Crippen LogP contribution in [0, 0.1) is 6.92 Å². The quantitative estimate of drug-likeness (QED) is 0.591. The number of hydrogen-bond donors (Lipinski definition) is 2. The molecule has 156 valence electrons. The summed E-state index contributed by atoms with van der Waals surface area (Å²) in [6, 6.07) is 9.77. The molecule has 2 aliphatic heterocycles. The topological polar surface area (TPSA) is 46.1 Å². The van der Waals surface area contributed by atoms with Gasteiger partial charge in [-0.3, -0.25) is 14.8 Å². The van der Waals surface area contributed by atoms with Gasteiger partial charge in [-0.25, -0.2) is 0 Å². The minimum Gasteiger partial charge on any atom is -0.355 e. The summed E-state index contributed by atoms with van der Waals surface area (Å²) < 4.78 is 0. The predicted octanol–water partition coefficient (Wildman–Crippen LogP) is 1.37. The van der Waals surface area contributed by atoms with Crippen molar-refractivity contribution >= 4 is 5.96 Å². The fourth-order valence-corrected chi connectivity index (χ4v) is 4.19. The Morgan fingerprint density at radius 2 is 1.86 bits per heavy atom. The van der Waals surface area contributed by atoms with Crippen LogP contribution in [0.5, 0.6) is 0 Å². The second-order valence-electron chi connectivity index (χ2n) is 8.47. The van der Waals surface area contributed by atoms with E-state index >= 15 is 0 Å². The molecule has 1 aromatic rings. The minimum absolute atomic E-state index is 0.506. The molecule has 0 radical (unpaired) electrons. The number of likely N-dealkylation sites (tertiary alicyclic amines) is 1. The minimum atomic E-state index is 0.506. The predicted molar refractivity (Wildman–Crippen MR) is 118 cm³/mol. The monoisotopic (exact) mass is 386 g/mol. The van der Waals surface area contributed by atoms with E-state index in [1.165, 1.54) is 24.0 Å². The highest BCUT2D eigenvalue weighted by Crippen LogP contribution is 2.16. The number of piperidine rings is 1. The van der Waals surface area contributed by atoms with Gasteiger partial charge in [-0.05, 0) is 45.0 Å². The maximum Gasteiger partial charge on any atom is 0.191 e. The lowest BCUT2D eigenvalue weighted by molar-refractivity contribution is 0.116. The highest BCUT2D eigenvalue weighted by atomic mass is 15.3. The summed E-state index contributed by atoms with van der Waals surface area (Å²) in [4.78, 5) is 11.9. The lowest BCUT2D eigenvalue weighted by atomic mass is 10.0. The number of aryl methyl sites for hydroxylation is 1. The number of piperazine rings is 1. The standard InChI is InChI=1S/C22H38N6/c1-18-7-5-6-8-19(18)16-28-11-9-20(10-12-28)25-22(23-2)24-15-21-17-26(3)13-14-27(21)4/h5-8,20-21H,9-17H2,1-4H3,(H2,23,24,25). The molecular weight excluding hydrogens is 348 g/mol. The molecule has 1 aromatic carbocycles. The Balaban J connectivity index is 1.41. The van der Waals surface area contributed by atoms with Gasteiger partial charge in [0.15, 0.2) is 5.96 Å². The van der Waals surface area contributed by atoms with Crippen LogP contribution in [0.15, 0.2) is 29.3 Å². The van der Waals surface area contributed by atoms with Crippen molar-refractivity contribution in [2.45, 2.75) is 38.4 Å². The second kappa shape index (κ2) is 10.2. The number of aliphatic imine (C=N–C) groups is 1. The Hall–Kier alpha value is -1.63. The van der Waals surface area contributed by atoms with Crippen LogP contribution >= 0.6 is 0 Å². The van der Waals surface area contributed by atoms with Crippen LogP contribution in [-0.4, -0.2) is 93.2 Å². The summed E-state index contributed by atoms with van der Waals surface area (Å²) in [5.74, 6) is 0.944. The van der Waals surface area contributed by atoms with Crippen LogP contribution in [0.4, 0.5) is 0 Å². The number of guanidine groups is 1. The number of rotatable bonds is 5. The number of nitrogens with zero attached hydrogens (tertiary/aromatic N) is 4. The highest BCUT2D eigenvalue weighted by Gasteiger charge is 2.23. The molecule has 0 spiro atoms. The van der Waals surface area contributed by atoms with Crippen molar-refractivity contribution in [2.24, 2.45) is 4.99 Å². The van der Waals surface area contributed by atoms with Crippen molar-refractivity contribution in [1.82, 2.24) is 25.3 Å². The molecule has 6 nitrogen and oxygen atoms in total. The molecule has 0 aliphatic carbocycles. The molecule has 6 heteroatoms. The number of likely N-dealkylation sites (N-methyl/N-ethyl adjacent to an activating group) is 2. The average Bonchev–Trinajstić information content (AvgIpc) is 2.70. The van der Waals surface area contributed by atoms with Crippen LogP contribution < -0.4 is 10.6 Å². The van der Waals surface area contributed by atoms with E-state index in [0.29, 0.717) is 12.1 Å². The van der Waals surface area contributed by atoms with Crippen molar-refractivity contribution in [3.05, 3.63) is 35.4 Å². The van der Waals surface area contributed by atoms with E-state index < -0.39 is 0 Å². The first-order valence-corrected chi connectivity index (χ1v) is 10.7. The molecule has 0 bridgehead atoms. The van der Waals surface area contributed by atoms with Crippen LogP contribution in [0.2, 0.25) is 0 Å². The molecule has 2 saturated heterocycles. The Morgan fingerprint density at radius 3 is 2.57 bits per heavy atom. The zero-order valence-electron chi connectivity index (χ0n) is 18.1. The second-order valence-corrected chi connectivity index (χ2v) is 8.47. The van der Waals surface area contributed by atoms with E-state index in [2.05, 4.69) is 75.6 Å². The van der Waals surface area contributed by atoms with E-state index in [-0.39, 0.29) is 0 Å². The van der Waals surface area contributed by atoms with E-state index in [1.807, 2.05) is 7.05 Å². The lowest BCUT2D eigenvalue weighted by Crippen LogP contribution is -2.56. The van der Waals surface area contributed by atoms with Gasteiger partial charge in [0.05, 0.1) is 0 Å². The molecule has 2 fully saturated rings. The molecule has 1 atom stereocenters. The van der Waals surface area contributed by atoms with Gasteiger partial charge < -0.3 is 15.5 Å². The fourth-order valence-electron chi connectivity index (χ4n) is 4.19. The van der Waals surface area contributed by atoms with Gasteiger partial charge in [0.2, 0.25) is 0 Å². The fraction of sp³-hybridized carbons (Fsp3) is 0.682. The van der Waals surface area contributed by atoms with Gasteiger partial charge in [0.1, 0.15) is 0 Å². The van der Waals surface area contributed by atoms with Crippen LogP contribution in [-0.2, 0) is 6.54 Å². The molecule has 2 heterocycles. The highest BCUT2D eigenvalue weighted by molar-refractivity contribution is 5.80. The Bertz CT molecular complexity index is 638. The summed E-state index contributed by atoms with van der Waals surface area (Å²) in [7, 11) is 6.30. The van der Waals surface area contributed by atoms with Crippen molar-refractivity contribution in [3.63, 3.8) is 0 Å². The normalized spacial score (nSPS) is 23.7. The van der Waals surface area contributed by atoms with Gasteiger partial charge >= 0.3 is 0 Å². The van der Waals surface area contributed by atoms with Crippen LogP contribution in [0.3, 0.4) is 0 Å². The molecule has 0 aromatic heterocycles. The number of hydrogen-bond acceptors (Lipinski definition) is 4. The SMILES string of the molecule is CN=C(NCC1CN(C)CCN1C)NC1CCN(Cc2ccccc2C)CC1. The first kappa shape index (κ1) is 21.1. The molecule has 3 rings (SSSR count). The maximum atomic E-state index is 4.46. The van der Waals surface area contributed by atoms with Gasteiger partial charge in [-0.2, -0.15) is 0 Å². The van der Waals surface area contributed by atoms with Gasteiger partial charge in [0.25, 0.3) is 0 Å². The Morgan fingerprint density at radius 1 is 1.11 bits per heavy atom. The molecule has 2 aliphatic rings. The van der Waals surface area contributed by atoms with Gasteiger partial charge in [0, 0.05) is 64.9 Å². The molecule has 2 N–H and O–H groups in total. The molecule has 1 unspecified atom stereocenters. The molecule has 0 saturated carbocycles. The van der Waals surface area contributed by atoms with E-state index in [4.69, 9.17) is 0 Å². The smallest absolute Gasteiger partial charge is 0.191 e. The van der Waals surface area contributed by atoms with Crippen LogP contribution in [0.25, 0.3) is 0 Å². The third-order valence-electron chi connectivity index (χ3n) is 6.29. The first-order valence-electron chi connectivity index (χ1n) is 10.7. The third-order valence-corrected chi connectivity index (χ3v) is 6.29. The van der Waals surface area contributed by atoms with Gasteiger partial charge in [-0.15, -0.1) is 0 Å². The molecular formula is C22H38N6. The zero-order chi connectivity index (χ0) is 19.9. The summed E-state index contributed by atoms with van der Waals surface area (Å²) in [5, 5.41) is 7.20. The zero-order valence-corrected chi connectivity index (χ0v) is 18.1. The summed E-state index contributed by atoms with van der Waals surface area (Å²) in [6.45, 7) is 9.88. The van der Waals surface area contributed by atoms with E-state index in [9.17, 15) is 0 Å². The molecule has 28 heavy (non-hydrogen) atoms. The average molecular weight is 387 g/mol. The van der Waals surface area contributed by atoms with Crippen molar-refractivity contribution in [1.29, 1.82) is 0 Å². The number of benzene rings is 1. The van der Waals surface area contributed by atoms with Crippen LogP contribution in [0.1, 0.15) is 24.0 Å². The lowest BCUT2D eigenvalue weighted by Gasteiger charge is -2.38. The maximum absolute atomic E-state index is 4.46. The summed E-state index contributed by atoms with van der Waals surface area (Å²) in [6.07, 6.45) is 2.33. The van der Waals surface area contributed by atoms with E-state index in [1.54, 1.807) is 0 Å². The molecule has 0 amide bonds. The van der Waals surface area contributed by atoms with Crippen molar-refractivity contribution < 1.29 is 0 Å². The summed E-state index contributed by atoms with van der Waals surface area (Å²) >= 11 is 0. The number of nitrogens with one attached hydrogen (secondary N) is 2.